The van der Waals surface area contributed by atoms with Crippen LogP contribution in [-0.2, 0) is 13.0 Å². The topological polar surface area (TPSA) is 74.2 Å². The summed E-state index contributed by atoms with van der Waals surface area (Å²) in [5, 5.41) is 3.59. The van der Waals surface area contributed by atoms with Crippen molar-refractivity contribution < 1.29 is 9.26 Å². The maximum Gasteiger partial charge on any atom is 0.174 e. The van der Waals surface area contributed by atoms with Gasteiger partial charge in [-0.05, 0) is 18.7 Å². The Morgan fingerprint density at radius 2 is 2.25 bits per heavy atom. The number of nitrogens with two attached hydrogens (primary N) is 1. The Hall–Kier alpha value is -1.88. The molecule has 5 heteroatoms. The van der Waals surface area contributed by atoms with Gasteiger partial charge in [0.25, 0.3) is 0 Å². The average Bonchev–Trinajstić information content (AvgIpc) is 2.82. The molecule has 2 rings (SSSR count). The molecule has 2 aromatic rings. The number of nitrogens with zero attached hydrogens (tertiary/aromatic N) is 2. The minimum absolute atomic E-state index is 0.359. The lowest BCUT2D eigenvalue weighted by Gasteiger charge is -2.03. The summed E-state index contributed by atoms with van der Waals surface area (Å²) in [6.07, 6.45) is 4.05. The maximum atomic E-state index is 5.46. The van der Waals surface area contributed by atoms with E-state index in [1.54, 1.807) is 18.5 Å². The van der Waals surface area contributed by atoms with Crippen molar-refractivity contribution in [3.63, 3.8) is 0 Å². The van der Waals surface area contributed by atoms with Gasteiger partial charge < -0.3 is 15.0 Å². The first kappa shape index (κ1) is 10.6. The summed E-state index contributed by atoms with van der Waals surface area (Å²) in [6, 6.07) is 5.53. The van der Waals surface area contributed by atoms with E-state index in [1.807, 2.05) is 12.1 Å². The van der Waals surface area contributed by atoms with E-state index in [9.17, 15) is 0 Å². The molecule has 0 saturated carbocycles. The third-order valence-corrected chi connectivity index (χ3v) is 2.07. The van der Waals surface area contributed by atoms with Crippen LogP contribution in [0.4, 0.5) is 0 Å². The van der Waals surface area contributed by atoms with Gasteiger partial charge >= 0.3 is 0 Å². The molecule has 0 fully saturated rings. The number of hydrogen-bond donors (Lipinski definition) is 1. The van der Waals surface area contributed by atoms with Crippen molar-refractivity contribution in [1.82, 2.24) is 10.1 Å². The highest BCUT2D eigenvalue weighted by Gasteiger charge is 2.00. The number of pyridine rings is 1. The van der Waals surface area contributed by atoms with E-state index < -0.39 is 0 Å². The lowest BCUT2D eigenvalue weighted by atomic mass is 10.3. The summed E-state index contributed by atoms with van der Waals surface area (Å²) in [5.41, 5.74) is 6.40. The van der Waals surface area contributed by atoms with Crippen molar-refractivity contribution in [3.05, 3.63) is 42.0 Å². The second-order valence-electron chi connectivity index (χ2n) is 3.29. The van der Waals surface area contributed by atoms with Crippen LogP contribution in [0.25, 0.3) is 0 Å². The molecule has 0 atom stereocenters. The van der Waals surface area contributed by atoms with Crippen molar-refractivity contribution in [1.29, 1.82) is 0 Å². The first-order valence-corrected chi connectivity index (χ1v) is 5.06. The van der Waals surface area contributed by atoms with Gasteiger partial charge in [0.05, 0.1) is 12.4 Å². The highest BCUT2D eigenvalue weighted by Crippen LogP contribution is 2.11. The van der Waals surface area contributed by atoms with Crippen LogP contribution in [0.5, 0.6) is 5.75 Å². The van der Waals surface area contributed by atoms with Crippen LogP contribution in [0.3, 0.4) is 0 Å². The van der Waals surface area contributed by atoms with Crippen LogP contribution in [0.2, 0.25) is 0 Å². The van der Waals surface area contributed by atoms with Crippen molar-refractivity contribution in [2.45, 2.75) is 13.0 Å². The Labute approximate surface area is 93.2 Å². The van der Waals surface area contributed by atoms with Crippen LogP contribution >= 0.6 is 0 Å². The minimum Gasteiger partial charge on any atom is -0.484 e. The maximum absolute atomic E-state index is 5.46. The van der Waals surface area contributed by atoms with Gasteiger partial charge in [0.1, 0.15) is 12.4 Å². The molecule has 0 aliphatic heterocycles. The van der Waals surface area contributed by atoms with Crippen LogP contribution in [0, 0.1) is 0 Å². The van der Waals surface area contributed by atoms with Crippen molar-refractivity contribution in [2.24, 2.45) is 5.73 Å². The fourth-order valence-electron chi connectivity index (χ4n) is 1.26. The molecule has 2 heterocycles. The standard InChI is InChI=1S/C11H13N3O2/c12-5-3-9-1-2-10(7-13-9)15-8-11-4-6-14-16-11/h1-2,4,6-7H,3,5,8,12H2. The highest BCUT2D eigenvalue weighted by atomic mass is 16.5. The molecule has 5 nitrogen and oxygen atoms in total. The van der Waals surface area contributed by atoms with Gasteiger partial charge in [-0.2, -0.15) is 0 Å². The van der Waals surface area contributed by atoms with E-state index in [0.717, 1.165) is 12.1 Å². The van der Waals surface area contributed by atoms with Crippen LogP contribution in [-0.4, -0.2) is 16.7 Å². The summed E-state index contributed by atoms with van der Waals surface area (Å²) in [6.45, 7) is 0.961. The van der Waals surface area contributed by atoms with Gasteiger partial charge in [-0.25, -0.2) is 0 Å². The zero-order valence-electron chi connectivity index (χ0n) is 8.80. The second kappa shape index (κ2) is 5.27. The molecule has 16 heavy (non-hydrogen) atoms. The van der Waals surface area contributed by atoms with Gasteiger partial charge in [-0.3, -0.25) is 4.98 Å². The van der Waals surface area contributed by atoms with Gasteiger partial charge in [-0.15, -0.1) is 0 Å². The molecule has 84 valence electrons. The van der Waals surface area contributed by atoms with E-state index in [4.69, 9.17) is 15.0 Å². The van der Waals surface area contributed by atoms with Crippen LogP contribution < -0.4 is 10.5 Å². The predicted octanol–water partition coefficient (Wildman–Crippen LogP) is 1.15. The van der Waals surface area contributed by atoms with Gasteiger partial charge in [0.15, 0.2) is 5.76 Å². The zero-order valence-corrected chi connectivity index (χ0v) is 8.80. The molecule has 0 aromatic carbocycles. The third kappa shape index (κ3) is 2.80. The Morgan fingerprint density at radius 3 is 2.88 bits per heavy atom. The average molecular weight is 219 g/mol. The van der Waals surface area contributed by atoms with Crippen molar-refractivity contribution in [2.75, 3.05) is 6.54 Å². The normalized spacial score (nSPS) is 10.3. The Kier molecular flexibility index (Phi) is 3.50. The van der Waals surface area contributed by atoms with E-state index in [0.29, 0.717) is 24.7 Å². The summed E-state index contributed by atoms with van der Waals surface area (Å²) < 4.78 is 10.4. The molecule has 0 radical (unpaired) electrons. The van der Waals surface area contributed by atoms with Crippen molar-refractivity contribution >= 4 is 0 Å². The number of ether oxygens (including phenoxy) is 1. The lowest BCUT2D eigenvalue weighted by Crippen LogP contribution is -2.04. The number of hydrogen-bond acceptors (Lipinski definition) is 5. The first-order valence-electron chi connectivity index (χ1n) is 5.06. The molecule has 0 unspecified atom stereocenters. The van der Waals surface area contributed by atoms with E-state index in [-0.39, 0.29) is 0 Å². The fourth-order valence-corrected chi connectivity index (χ4v) is 1.26. The molecule has 2 aromatic heterocycles. The molecule has 0 aliphatic carbocycles. The molecule has 0 bridgehead atoms. The molecule has 0 saturated heterocycles. The monoisotopic (exact) mass is 219 g/mol. The summed E-state index contributed by atoms with van der Waals surface area (Å²) in [7, 11) is 0. The van der Waals surface area contributed by atoms with E-state index >= 15 is 0 Å². The van der Waals surface area contributed by atoms with E-state index in [2.05, 4.69) is 10.1 Å². The highest BCUT2D eigenvalue weighted by molar-refractivity contribution is 5.20. The van der Waals surface area contributed by atoms with Gasteiger partial charge in [0.2, 0.25) is 0 Å². The fraction of sp³-hybridized carbons (Fsp3) is 0.273. The predicted molar refractivity (Wildman–Crippen MR) is 57.8 cm³/mol. The second-order valence-corrected chi connectivity index (χ2v) is 3.29. The molecular formula is C11H13N3O2. The van der Waals surface area contributed by atoms with Crippen molar-refractivity contribution in [3.8, 4) is 5.75 Å². The molecule has 0 spiro atoms. The Morgan fingerprint density at radius 1 is 1.31 bits per heavy atom. The number of aromatic nitrogens is 2. The lowest BCUT2D eigenvalue weighted by molar-refractivity contribution is 0.248. The van der Waals surface area contributed by atoms with Crippen LogP contribution in [0.15, 0.2) is 35.1 Å². The largest absolute Gasteiger partial charge is 0.484 e. The van der Waals surface area contributed by atoms with Gasteiger partial charge in [-0.1, -0.05) is 5.16 Å². The van der Waals surface area contributed by atoms with Gasteiger partial charge in [0, 0.05) is 18.2 Å². The quantitative estimate of drug-likeness (QED) is 0.816. The third-order valence-electron chi connectivity index (χ3n) is 2.07. The Balaban J connectivity index is 1.90. The smallest absolute Gasteiger partial charge is 0.174 e. The zero-order chi connectivity index (χ0) is 11.2. The summed E-state index contributed by atoms with van der Waals surface area (Å²) >= 11 is 0. The van der Waals surface area contributed by atoms with E-state index in [1.165, 1.54) is 0 Å². The first-order chi connectivity index (χ1) is 7.88. The molecule has 0 aliphatic rings. The number of rotatable bonds is 5. The summed E-state index contributed by atoms with van der Waals surface area (Å²) in [5.74, 6) is 1.39. The SMILES string of the molecule is NCCc1ccc(OCc2ccno2)cn1. The molecule has 2 N–H and O–H groups in total. The van der Waals surface area contributed by atoms with Crippen LogP contribution in [0.1, 0.15) is 11.5 Å². The Bertz CT molecular complexity index is 411. The summed E-state index contributed by atoms with van der Waals surface area (Å²) in [4.78, 5) is 4.22. The molecule has 0 amide bonds. The molecular weight excluding hydrogens is 206 g/mol. The minimum atomic E-state index is 0.359.